The van der Waals surface area contributed by atoms with Gasteiger partial charge in [-0.25, -0.2) is 4.98 Å². The fourth-order valence-corrected chi connectivity index (χ4v) is 4.12. The van der Waals surface area contributed by atoms with Crippen LogP contribution in [0.1, 0.15) is 18.1 Å². The van der Waals surface area contributed by atoms with Crippen molar-refractivity contribution in [2.45, 2.75) is 13.8 Å². The minimum atomic E-state index is 0.721. The Morgan fingerprint density at radius 1 is 0.966 bits per heavy atom. The molecule has 0 unspecified atom stereocenters. The fourth-order valence-electron chi connectivity index (χ4n) is 3.86. The second-order valence-corrected chi connectivity index (χ2v) is 8.15. The lowest BCUT2D eigenvalue weighted by atomic mass is 10.0. The summed E-state index contributed by atoms with van der Waals surface area (Å²) in [4.78, 5) is 9.57. The standard InChI is InChI=1S/C25H26ClN3/c1-17(2)28-10-12-29(13-11-28)19(4)20-8-9-22-23(26)16-24(27-25(22)15-20)21-7-5-6-18(3)14-21/h5-9,14-16H,1,4,10-13H2,2-3H3. The monoisotopic (exact) mass is 403 g/mol. The number of aryl methyl sites for hydroxylation is 1. The van der Waals surface area contributed by atoms with Gasteiger partial charge in [-0.1, -0.05) is 60.7 Å². The molecule has 0 saturated carbocycles. The summed E-state index contributed by atoms with van der Waals surface area (Å²) in [6, 6.07) is 16.5. The molecule has 1 aromatic heterocycles. The third-order valence-corrected chi connectivity index (χ3v) is 5.92. The highest BCUT2D eigenvalue weighted by molar-refractivity contribution is 6.35. The Bertz CT molecular complexity index is 1090. The van der Waals surface area contributed by atoms with Gasteiger partial charge in [0.25, 0.3) is 0 Å². The van der Waals surface area contributed by atoms with Gasteiger partial charge in [0.15, 0.2) is 0 Å². The van der Waals surface area contributed by atoms with Gasteiger partial charge in [0, 0.05) is 48.5 Å². The van der Waals surface area contributed by atoms with Crippen molar-refractivity contribution in [3.05, 3.63) is 83.5 Å². The maximum atomic E-state index is 6.59. The third-order valence-electron chi connectivity index (χ3n) is 5.61. The number of pyridine rings is 1. The summed E-state index contributed by atoms with van der Waals surface area (Å²) in [5.74, 6) is 0. The van der Waals surface area contributed by atoms with E-state index in [1.807, 2.05) is 12.1 Å². The van der Waals surface area contributed by atoms with Crippen molar-refractivity contribution in [1.29, 1.82) is 0 Å². The zero-order chi connectivity index (χ0) is 20.5. The number of halogens is 1. The van der Waals surface area contributed by atoms with Gasteiger partial charge in [0.2, 0.25) is 0 Å². The van der Waals surface area contributed by atoms with E-state index in [1.165, 1.54) is 5.56 Å². The summed E-state index contributed by atoms with van der Waals surface area (Å²) < 4.78 is 0. The van der Waals surface area contributed by atoms with Gasteiger partial charge < -0.3 is 9.80 Å². The molecule has 0 atom stereocenters. The number of hydrogen-bond acceptors (Lipinski definition) is 3. The summed E-state index contributed by atoms with van der Waals surface area (Å²) in [6.07, 6.45) is 0. The van der Waals surface area contributed by atoms with E-state index in [4.69, 9.17) is 16.6 Å². The molecule has 4 rings (SSSR count). The van der Waals surface area contributed by atoms with Crippen molar-refractivity contribution < 1.29 is 0 Å². The topological polar surface area (TPSA) is 19.4 Å². The van der Waals surface area contributed by atoms with E-state index in [0.717, 1.165) is 70.3 Å². The fraction of sp³-hybridized carbons (Fsp3) is 0.240. The van der Waals surface area contributed by atoms with Crippen LogP contribution in [0, 0.1) is 6.92 Å². The van der Waals surface area contributed by atoms with E-state index in [1.54, 1.807) is 0 Å². The van der Waals surface area contributed by atoms with Crippen molar-refractivity contribution in [3.63, 3.8) is 0 Å². The second-order valence-electron chi connectivity index (χ2n) is 7.75. The minimum Gasteiger partial charge on any atom is -0.372 e. The lowest BCUT2D eigenvalue weighted by Crippen LogP contribution is -2.44. The molecule has 2 heterocycles. The summed E-state index contributed by atoms with van der Waals surface area (Å²) in [5, 5.41) is 1.69. The average Bonchev–Trinajstić information content (AvgIpc) is 2.73. The van der Waals surface area contributed by atoms with Crippen LogP contribution in [0.25, 0.3) is 27.9 Å². The van der Waals surface area contributed by atoms with Crippen LogP contribution in [0.2, 0.25) is 5.02 Å². The predicted molar refractivity (Wildman–Crippen MR) is 124 cm³/mol. The number of fused-ring (bicyclic) bond motifs is 1. The summed E-state index contributed by atoms with van der Waals surface area (Å²) in [6.45, 7) is 16.4. The van der Waals surface area contributed by atoms with E-state index >= 15 is 0 Å². The molecule has 1 aliphatic rings. The molecular weight excluding hydrogens is 378 g/mol. The van der Waals surface area contributed by atoms with E-state index < -0.39 is 0 Å². The highest BCUT2D eigenvalue weighted by atomic mass is 35.5. The predicted octanol–water partition coefficient (Wildman–Crippen LogP) is 5.99. The zero-order valence-electron chi connectivity index (χ0n) is 17.1. The summed E-state index contributed by atoms with van der Waals surface area (Å²) in [7, 11) is 0. The molecule has 1 fully saturated rings. The Balaban J connectivity index is 1.65. The maximum Gasteiger partial charge on any atom is 0.0731 e. The SMILES string of the molecule is C=C(C)N1CCN(C(=C)c2ccc3c(Cl)cc(-c4cccc(C)c4)nc3c2)CC1. The van der Waals surface area contributed by atoms with E-state index in [2.05, 4.69) is 73.2 Å². The molecule has 3 aromatic rings. The molecule has 148 valence electrons. The Kier molecular flexibility index (Phi) is 5.33. The molecule has 0 aliphatic carbocycles. The van der Waals surface area contributed by atoms with Gasteiger partial charge >= 0.3 is 0 Å². The Labute approximate surface area is 177 Å². The van der Waals surface area contributed by atoms with E-state index in [0.29, 0.717) is 0 Å². The molecule has 0 amide bonds. The van der Waals surface area contributed by atoms with Crippen molar-refractivity contribution in [2.24, 2.45) is 0 Å². The van der Waals surface area contributed by atoms with E-state index in [9.17, 15) is 0 Å². The molecule has 3 nitrogen and oxygen atoms in total. The highest BCUT2D eigenvalue weighted by Crippen LogP contribution is 2.31. The molecule has 1 aliphatic heterocycles. The minimum absolute atomic E-state index is 0.721. The van der Waals surface area contributed by atoms with Gasteiger partial charge in [-0.2, -0.15) is 0 Å². The third kappa shape index (κ3) is 4.01. The Morgan fingerprint density at radius 2 is 1.69 bits per heavy atom. The van der Waals surface area contributed by atoms with Gasteiger partial charge in [-0.15, -0.1) is 0 Å². The number of rotatable bonds is 4. The summed E-state index contributed by atoms with van der Waals surface area (Å²) in [5.41, 5.74) is 7.32. The van der Waals surface area contributed by atoms with Crippen molar-refractivity contribution in [3.8, 4) is 11.3 Å². The first-order valence-corrected chi connectivity index (χ1v) is 10.3. The molecular formula is C25H26ClN3. The van der Waals surface area contributed by atoms with E-state index in [-0.39, 0.29) is 0 Å². The van der Waals surface area contributed by atoms with Gasteiger partial charge in [-0.3, -0.25) is 0 Å². The lowest BCUT2D eigenvalue weighted by molar-refractivity contribution is 0.215. The van der Waals surface area contributed by atoms with Crippen LogP contribution >= 0.6 is 11.6 Å². The molecule has 0 spiro atoms. The lowest BCUT2D eigenvalue weighted by Gasteiger charge is -2.38. The Morgan fingerprint density at radius 3 is 2.38 bits per heavy atom. The van der Waals surface area contributed by atoms with Crippen LogP contribution in [0.5, 0.6) is 0 Å². The first kappa shape index (κ1) is 19.5. The molecule has 4 heteroatoms. The number of allylic oxidation sites excluding steroid dienone is 1. The largest absolute Gasteiger partial charge is 0.372 e. The van der Waals surface area contributed by atoms with Gasteiger partial charge in [-0.05, 0) is 37.6 Å². The number of piperazine rings is 1. The van der Waals surface area contributed by atoms with Gasteiger partial charge in [0.1, 0.15) is 0 Å². The quantitative estimate of drug-likeness (QED) is 0.533. The molecule has 0 bridgehead atoms. The maximum absolute atomic E-state index is 6.59. The van der Waals surface area contributed by atoms with Crippen molar-refractivity contribution >= 4 is 28.2 Å². The first-order valence-electron chi connectivity index (χ1n) is 9.94. The highest BCUT2D eigenvalue weighted by Gasteiger charge is 2.19. The number of benzene rings is 2. The molecule has 1 saturated heterocycles. The van der Waals surface area contributed by atoms with Crippen LogP contribution in [-0.4, -0.2) is 41.0 Å². The second kappa shape index (κ2) is 7.92. The number of aromatic nitrogens is 1. The molecule has 0 radical (unpaired) electrons. The molecule has 0 N–H and O–H groups in total. The van der Waals surface area contributed by atoms with Crippen LogP contribution in [0.3, 0.4) is 0 Å². The smallest absolute Gasteiger partial charge is 0.0731 e. The molecule has 2 aromatic carbocycles. The Hall–Kier alpha value is -2.78. The van der Waals surface area contributed by atoms with Crippen molar-refractivity contribution in [2.75, 3.05) is 26.2 Å². The molecule has 29 heavy (non-hydrogen) atoms. The normalized spacial score (nSPS) is 14.3. The number of nitrogens with zero attached hydrogens (tertiary/aromatic N) is 3. The number of hydrogen-bond donors (Lipinski definition) is 0. The zero-order valence-corrected chi connectivity index (χ0v) is 17.8. The van der Waals surface area contributed by atoms with Crippen molar-refractivity contribution in [1.82, 2.24) is 14.8 Å². The summed E-state index contributed by atoms with van der Waals surface area (Å²) >= 11 is 6.59. The van der Waals surface area contributed by atoms with Gasteiger partial charge in [0.05, 0.1) is 16.2 Å². The first-order chi connectivity index (χ1) is 13.9. The van der Waals surface area contributed by atoms with Crippen LogP contribution in [0.15, 0.2) is 67.4 Å². The average molecular weight is 404 g/mol. The van der Waals surface area contributed by atoms with Crippen LogP contribution < -0.4 is 0 Å². The van der Waals surface area contributed by atoms with Crippen LogP contribution in [0.4, 0.5) is 0 Å². The van der Waals surface area contributed by atoms with Crippen LogP contribution in [-0.2, 0) is 0 Å².